The van der Waals surface area contributed by atoms with E-state index in [0.717, 1.165) is 5.56 Å². The van der Waals surface area contributed by atoms with Gasteiger partial charge in [-0.2, -0.15) is 0 Å². The van der Waals surface area contributed by atoms with Crippen LogP contribution in [0.15, 0.2) is 36.8 Å². The molecule has 94 valence electrons. The van der Waals surface area contributed by atoms with Gasteiger partial charge >= 0.3 is 5.97 Å². The molecule has 1 N–H and O–H groups in total. The van der Waals surface area contributed by atoms with E-state index in [1.165, 1.54) is 13.4 Å². The monoisotopic (exact) mass is 248 g/mol. The van der Waals surface area contributed by atoms with Crippen molar-refractivity contribution in [3.05, 3.63) is 42.4 Å². The van der Waals surface area contributed by atoms with Crippen molar-refractivity contribution in [1.29, 1.82) is 0 Å². The number of carbonyl (C=O) groups excluding carboxylic acids is 1. The molecule has 0 aliphatic carbocycles. The number of aromatic hydroxyl groups is 1. The summed E-state index contributed by atoms with van der Waals surface area (Å²) in [6.07, 6.45) is 3.54. The Morgan fingerprint density at radius 1 is 1.50 bits per heavy atom. The maximum atomic E-state index is 11.4. The lowest BCUT2D eigenvalue weighted by Gasteiger charge is -2.10. The predicted octanol–water partition coefficient (Wildman–Crippen LogP) is 1.91. The van der Waals surface area contributed by atoms with Gasteiger partial charge in [-0.3, -0.25) is 0 Å². The molecule has 1 aliphatic rings. The maximum Gasteiger partial charge on any atom is 0.383 e. The zero-order chi connectivity index (χ0) is 13.1. The third-order valence-electron chi connectivity index (χ3n) is 2.34. The SMILES string of the molecule is C=CCc1cc(OC)c(O)c(OC(=O)C2=CO2)c1. The molecule has 1 aromatic carbocycles. The quantitative estimate of drug-likeness (QED) is 0.489. The van der Waals surface area contributed by atoms with Gasteiger partial charge in [0.15, 0.2) is 11.5 Å². The summed E-state index contributed by atoms with van der Waals surface area (Å²) in [4.78, 5) is 11.4. The number of benzene rings is 1. The Morgan fingerprint density at radius 2 is 2.17 bits per heavy atom. The molecule has 0 saturated heterocycles. The Kier molecular flexibility index (Phi) is 3.23. The van der Waals surface area contributed by atoms with Crippen LogP contribution < -0.4 is 9.47 Å². The number of phenols is 1. The van der Waals surface area contributed by atoms with Crippen molar-refractivity contribution in [2.24, 2.45) is 0 Å². The zero-order valence-corrected chi connectivity index (χ0v) is 9.80. The van der Waals surface area contributed by atoms with Gasteiger partial charge in [0.2, 0.25) is 11.5 Å². The van der Waals surface area contributed by atoms with E-state index >= 15 is 0 Å². The molecule has 0 radical (unpaired) electrons. The highest BCUT2D eigenvalue weighted by Crippen LogP contribution is 2.38. The van der Waals surface area contributed by atoms with E-state index in [9.17, 15) is 9.90 Å². The number of ether oxygens (including phenoxy) is 3. The first kappa shape index (κ1) is 12.0. The van der Waals surface area contributed by atoms with Crippen molar-refractivity contribution in [1.82, 2.24) is 0 Å². The molecule has 5 heteroatoms. The minimum atomic E-state index is -0.650. The molecule has 0 aromatic heterocycles. The van der Waals surface area contributed by atoms with Crippen LogP contribution in [0.1, 0.15) is 5.56 Å². The molecule has 1 heterocycles. The Morgan fingerprint density at radius 3 is 2.72 bits per heavy atom. The summed E-state index contributed by atoms with van der Waals surface area (Å²) in [5.41, 5.74) is 0.813. The molecule has 2 rings (SSSR count). The number of rotatable bonds is 5. The van der Waals surface area contributed by atoms with Crippen LogP contribution >= 0.6 is 0 Å². The van der Waals surface area contributed by atoms with Crippen molar-refractivity contribution in [2.45, 2.75) is 6.42 Å². The van der Waals surface area contributed by atoms with E-state index in [-0.39, 0.29) is 23.0 Å². The van der Waals surface area contributed by atoms with E-state index in [1.54, 1.807) is 18.2 Å². The second-order valence-electron chi connectivity index (χ2n) is 3.63. The Hall–Kier alpha value is -2.43. The van der Waals surface area contributed by atoms with E-state index in [1.807, 2.05) is 0 Å². The summed E-state index contributed by atoms with van der Waals surface area (Å²) in [5.74, 6) is -0.471. The summed E-state index contributed by atoms with van der Waals surface area (Å²) >= 11 is 0. The number of hydrogen-bond acceptors (Lipinski definition) is 5. The summed E-state index contributed by atoms with van der Waals surface area (Å²) in [5, 5.41) is 9.84. The van der Waals surface area contributed by atoms with Crippen LogP contribution in [0.3, 0.4) is 0 Å². The van der Waals surface area contributed by atoms with Crippen LogP contribution in [0.25, 0.3) is 0 Å². The highest BCUT2D eigenvalue weighted by Gasteiger charge is 2.25. The average molecular weight is 248 g/mol. The highest BCUT2D eigenvalue weighted by atomic mass is 16.6. The van der Waals surface area contributed by atoms with Crippen LogP contribution in [0, 0.1) is 0 Å². The average Bonchev–Trinajstić information content (AvgIpc) is 3.17. The van der Waals surface area contributed by atoms with Crippen LogP contribution in [0.2, 0.25) is 0 Å². The third kappa shape index (κ3) is 2.45. The fourth-order valence-corrected chi connectivity index (χ4v) is 1.43. The summed E-state index contributed by atoms with van der Waals surface area (Å²) < 4.78 is 14.6. The molecule has 0 fully saturated rings. The smallest absolute Gasteiger partial charge is 0.383 e. The van der Waals surface area contributed by atoms with E-state index in [4.69, 9.17) is 9.47 Å². The van der Waals surface area contributed by atoms with E-state index < -0.39 is 5.97 Å². The number of allylic oxidation sites excluding steroid dienone is 1. The lowest BCUT2D eigenvalue weighted by Crippen LogP contribution is -2.07. The van der Waals surface area contributed by atoms with Gasteiger partial charge in [0, 0.05) is 0 Å². The molecule has 0 atom stereocenters. The molecule has 18 heavy (non-hydrogen) atoms. The largest absolute Gasteiger partial charge is 0.502 e. The van der Waals surface area contributed by atoms with Crippen LogP contribution in [-0.4, -0.2) is 18.2 Å². The number of hydrogen-bond donors (Lipinski definition) is 1. The molecule has 1 aliphatic heterocycles. The van der Waals surface area contributed by atoms with Crippen molar-refractivity contribution in [3.63, 3.8) is 0 Å². The Labute approximate surface area is 104 Å². The fraction of sp³-hybridized carbons (Fsp3) is 0.154. The van der Waals surface area contributed by atoms with Crippen molar-refractivity contribution in [3.8, 4) is 17.2 Å². The molecule has 0 amide bonds. The first-order valence-corrected chi connectivity index (χ1v) is 5.25. The van der Waals surface area contributed by atoms with E-state index in [0.29, 0.717) is 6.42 Å². The van der Waals surface area contributed by atoms with Gasteiger partial charge in [0.25, 0.3) is 0 Å². The topological polar surface area (TPSA) is 68.3 Å². The Balaban J connectivity index is 2.30. The second-order valence-corrected chi connectivity index (χ2v) is 3.63. The van der Waals surface area contributed by atoms with Crippen molar-refractivity contribution in [2.75, 3.05) is 7.11 Å². The predicted molar refractivity (Wildman–Crippen MR) is 63.4 cm³/mol. The second kappa shape index (κ2) is 4.83. The number of esters is 1. The van der Waals surface area contributed by atoms with Gasteiger partial charge < -0.3 is 19.3 Å². The number of methoxy groups -OCH3 is 1. The van der Waals surface area contributed by atoms with E-state index in [2.05, 4.69) is 11.3 Å². The van der Waals surface area contributed by atoms with Crippen LogP contribution in [0.5, 0.6) is 17.2 Å². The number of phenolic OH excluding ortho intramolecular Hbond substituents is 1. The number of carbonyl (C=O) groups is 1. The maximum absolute atomic E-state index is 11.4. The third-order valence-corrected chi connectivity index (χ3v) is 2.34. The van der Waals surface area contributed by atoms with Gasteiger partial charge in [-0.15, -0.1) is 6.58 Å². The molecule has 5 nitrogen and oxygen atoms in total. The lowest BCUT2D eigenvalue weighted by molar-refractivity contribution is -0.131. The van der Waals surface area contributed by atoms with Crippen molar-refractivity contribution < 1.29 is 24.1 Å². The zero-order valence-electron chi connectivity index (χ0n) is 9.80. The van der Waals surface area contributed by atoms with Crippen molar-refractivity contribution >= 4 is 5.97 Å². The van der Waals surface area contributed by atoms with Gasteiger partial charge in [-0.25, -0.2) is 4.79 Å². The van der Waals surface area contributed by atoms with Gasteiger partial charge in [0.05, 0.1) is 7.11 Å². The molecule has 0 unspecified atom stereocenters. The summed E-state index contributed by atoms with van der Waals surface area (Å²) in [6.45, 7) is 3.62. The van der Waals surface area contributed by atoms with Gasteiger partial charge in [-0.1, -0.05) is 6.08 Å². The first-order valence-electron chi connectivity index (χ1n) is 5.25. The fourth-order valence-electron chi connectivity index (χ4n) is 1.43. The molecular formula is C13H12O5. The van der Waals surface area contributed by atoms with Crippen LogP contribution in [0.4, 0.5) is 0 Å². The molecular weight excluding hydrogens is 236 g/mol. The molecule has 1 aromatic rings. The van der Waals surface area contributed by atoms with Crippen LogP contribution in [-0.2, 0) is 16.0 Å². The lowest BCUT2D eigenvalue weighted by atomic mass is 10.1. The standard InChI is InChI=1S/C13H12O5/c1-3-4-8-5-9(16-2)12(14)10(6-8)18-13(15)11-7-17-11/h3,5-7,14H,1,4H2,2H3. The first-order chi connectivity index (χ1) is 8.65. The molecule has 0 bridgehead atoms. The van der Waals surface area contributed by atoms with Gasteiger partial charge in [-0.05, 0) is 24.1 Å². The molecule has 0 saturated carbocycles. The summed E-state index contributed by atoms with van der Waals surface area (Å²) in [6, 6.07) is 3.21. The Bertz CT molecular complexity index is 530. The minimum absolute atomic E-state index is 0.0348. The minimum Gasteiger partial charge on any atom is -0.502 e. The highest BCUT2D eigenvalue weighted by molar-refractivity contribution is 5.91. The molecule has 0 spiro atoms. The summed E-state index contributed by atoms with van der Waals surface area (Å²) in [7, 11) is 1.42. The normalized spacial score (nSPS) is 12.2. The van der Waals surface area contributed by atoms with Gasteiger partial charge in [0.1, 0.15) is 6.26 Å².